The topological polar surface area (TPSA) is 117 Å². The van der Waals surface area contributed by atoms with E-state index in [-0.39, 0.29) is 5.75 Å². The van der Waals surface area contributed by atoms with E-state index in [9.17, 15) is 14.4 Å². The minimum absolute atomic E-state index is 0.213. The highest BCUT2D eigenvalue weighted by Gasteiger charge is 2.13. The molecule has 9 heteroatoms. The van der Waals surface area contributed by atoms with Gasteiger partial charge in [-0.3, -0.25) is 9.59 Å². The van der Waals surface area contributed by atoms with Crippen molar-refractivity contribution in [1.29, 1.82) is 0 Å². The van der Waals surface area contributed by atoms with Gasteiger partial charge in [0.05, 0.1) is 6.21 Å². The van der Waals surface area contributed by atoms with Crippen molar-refractivity contribution in [2.75, 3.05) is 11.9 Å². The lowest BCUT2D eigenvalue weighted by atomic mass is 10.1. The molecule has 2 aromatic carbocycles. The van der Waals surface area contributed by atoms with Gasteiger partial charge in [-0.15, -0.1) is 0 Å². The smallest absolute Gasteiger partial charge is 0.341 e. The average Bonchev–Trinajstić information content (AvgIpc) is 2.67. The second-order valence-electron chi connectivity index (χ2n) is 5.57. The van der Waals surface area contributed by atoms with Crippen LogP contribution in [0.15, 0.2) is 47.6 Å². The van der Waals surface area contributed by atoms with Crippen LogP contribution in [-0.4, -0.2) is 35.7 Å². The van der Waals surface area contributed by atoms with Gasteiger partial charge in [-0.25, -0.2) is 10.2 Å². The summed E-state index contributed by atoms with van der Waals surface area (Å²) in [6.45, 7) is 1.46. The average molecular weight is 404 g/mol. The van der Waals surface area contributed by atoms with Crippen LogP contribution in [0.2, 0.25) is 5.02 Å². The summed E-state index contributed by atoms with van der Waals surface area (Å²) in [4.78, 5) is 34.4. The number of benzene rings is 2. The molecule has 0 saturated heterocycles. The number of anilines is 1. The van der Waals surface area contributed by atoms with Crippen molar-refractivity contribution in [3.05, 3.63) is 58.6 Å². The van der Waals surface area contributed by atoms with Crippen LogP contribution in [0, 0.1) is 0 Å². The van der Waals surface area contributed by atoms with E-state index >= 15 is 0 Å². The predicted molar refractivity (Wildman–Crippen MR) is 105 cm³/mol. The lowest BCUT2D eigenvalue weighted by Gasteiger charge is -2.07. The van der Waals surface area contributed by atoms with Gasteiger partial charge >= 0.3 is 17.8 Å². The Bertz CT molecular complexity index is 897. The predicted octanol–water partition coefficient (Wildman–Crippen LogP) is 2.45. The number of rotatable bonds is 7. The Kier molecular flexibility index (Phi) is 7.53. The summed E-state index contributed by atoms with van der Waals surface area (Å²) in [7, 11) is 0. The third kappa shape index (κ3) is 6.40. The standard InChI is InChI=1S/C19H18ClN3O5/c1-2-12-3-6-15(7-4-12)22-18(26)19(27)23-21-10-13-9-14(20)5-8-16(13)28-11-17(24)25/h3-10H,2,11H2,1H3,(H,22,26)(H,23,27)(H,24,25)/b21-10-. The molecule has 0 atom stereocenters. The molecular weight excluding hydrogens is 386 g/mol. The Hall–Kier alpha value is -3.39. The number of nitrogens with zero attached hydrogens (tertiary/aromatic N) is 1. The summed E-state index contributed by atoms with van der Waals surface area (Å²) in [5.41, 5.74) is 4.02. The van der Waals surface area contributed by atoms with E-state index < -0.39 is 24.4 Å². The van der Waals surface area contributed by atoms with E-state index in [1.165, 1.54) is 24.4 Å². The molecule has 0 fully saturated rings. The van der Waals surface area contributed by atoms with Crippen LogP contribution in [-0.2, 0) is 20.8 Å². The Morgan fingerprint density at radius 1 is 1.14 bits per heavy atom. The van der Waals surface area contributed by atoms with Gasteiger partial charge in [0.1, 0.15) is 5.75 Å². The fourth-order valence-electron chi connectivity index (χ4n) is 2.11. The van der Waals surface area contributed by atoms with Crippen LogP contribution < -0.4 is 15.5 Å². The molecule has 2 amide bonds. The van der Waals surface area contributed by atoms with Gasteiger partial charge in [0.15, 0.2) is 6.61 Å². The van der Waals surface area contributed by atoms with Crippen LogP contribution in [0.5, 0.6) is 5.75 Å². The number of carboxylic acid groups (broad SMARTS) is 1. The molecule has 0 aliphatic rings. The number of aliphatic carboxylic acids is 1. The van der Waals surface area contributed by atoms with Crippen LogP contribution in [0.25, 0.3) is 0 Å². The summed E-state index contributed by atoms with van der Waals surface area (Å²) in [6.07, 6.45) is 2.06. The summed E-state index contributed by atoms with van der Waals surface area (Å²) < 4.78 is 5.11. The van der Waals surface area contributed by atoms with Crippen molar-refractivity contribution in [2.45, 2.75) is 13.3 Å². The van der Waals surface area contributed by atoms with Crippen molar-refractivity contribution >= 4 is 41.3 Å². The molecule has 146 valence electrons. The molecule has 2 aromatic rings. The van der Waals surface area contributed by atoms with Crippen LogP contribution >= 0.6 is 11.6 Å². The monoisotopic (exact) mass is 403 g/mol. The molecule has 3 N–H and O–H groups in total. The first-order chi connectivity index (χ1) is 13.4. The number of aryl methyl sites for hydroxylation is 1. The zero-order valence-electron chi connectivity index (χ0n) is 14.9. The molecule has 0 unspecified atom stereocenters. The Morgan fingerprint density at radius 2 is 1.86 bits per heavy atom. The number of amides is 2. The SMILES string of the molecule is CCc1ccc(NC(=O)C(=O)N/N=C\c2cc(Cl)ccc2OCC(=O)O)cc1. The van der Waals surface area contributed by atoms with E-state index in [1.807, 2.05) is 19.1 Å². The first kappa shape index (κ1) is 20.9. The van der Waals surface area contributed by atoms with Gasteiger partial charge in [-0.1, -0.05) is 30.7 Å². The molecular formula is C19H18ClN3O5. The first-order valence-electron chi connectivity index (χ1n) is 8.26. The van der Waals surface area contributed by atoms with Crippen molar-refractivity contribution < 1.29 is 24.2 Å². The van der Waals surface area contributed by atoms with Crippen molar-refractivity contribution in [3.8, 4) is 5.75 Å². The lowest BCUT2D eigenvalue weighted by Crippen LogP contribution is -2.32. The molecule has 0 bridgehead atoms. The number of hydrogen-bond donors (Lipinski definition) is 3. The van der Waals surface area contributed by atoms with E-state index in [0.29, 0.717) is 16.3 Å². The van der Waals surface area contributed by atoms with Gasteiger partial charge in [0.25, 0.3) is 0 Å². The Balaban J connectivity index is 1.97. The van der Waals surface area contributed by atoms with Crippen molar-refractivity contribution in [2.24, 2.45) is 5.10 Å². The molecule has 28 heavy (non-hydrogen) atoms. The Labute approximate surface area is 166 Å². The normalized spacial score (nSPS) is 10.5. The number of hydrazone groups is 1. The van der Waals surface area contributed by atoms with Gasteiger partial charge in [-0.2, -0.15) is 5.10 Å². The van der Waals surface area contributed by atoms with Crippen molar-refractivity contribution in [1.82, 2.24) is 5.43 Å². The molecule has 0 aromatic heterocycles. The maximum Gasteiger partial charge on any atom is 0.341 e. The number of carboxylic acids is 1. The minimum Gasteiger partial charge on any atom is -0.481 e. The highest BCUT2D eigenvalue weighted by molar-refractivity contribution is 6.39. The number of hydrogen-bond acceptors (Lipinski definition) is 5. The molecule has 0 heterocycles. The third-order valence-corrected chi connectivity index (χ3v) is 3.75. The molecule has 2 rings (SSSR count). The van der Waals surface area contributed by atoms with Crippen LogP contribution in [0.4, 0.5) is 5.69 Å². The van der Waals surface area contributed by atoms with Gasteiger partial charge in [0, 0.05) is 16.3 Å². The molecule has 0 spiro atoms. The maximum atomic E-state index is 11.9. The zero-order chi connectivity index (χ0) is 20.5. The maximum absolute atomic E-state index is 11.9. The first-order valence-corrected chi connectivity index (χ1v) is 8.64. The second-order valence-corrected chi connectivity index (χ2v) is 6.00. The largest absolute Gasteiger partial charge is 0.481 e. The van der Waals surface area contributed by atoms with Gasteiger partial charge < -0.3 is 15.2 Å². The summed E-state index contributed by atoms with van der Waals surface area (Å²) in [5, 5.41) is 15.2. The number of nitrogens with one attached hydrogen (secondary N) is 2. The highest BCUT2D eigenvalue weighted by Crippen LogP contribution is 2.21. The molecule has 8 nitrogen and oxygen atoms in total. The summed E-state index contributed by atoms with van der Waals surface area (Å²) >= 11 is 5.90. The zero-order valence-corrected chi connectivity index (χ0v) is 15.7. The molecule has 0 radical (unpaired) electrons. The molecule has 0 aliphatic heterocycles. The molecule has 0 saturated carbocycles. The summed E-state index contributed by atoms with van der Waals surface area (Å²) in [5.74, 6) is -2.78. The lowest BCUT2D eigenvalue weighted by molar-refractivity contribution is -0.139. The van der Waals surface area contributed by atoms with E-state index in [4.69, 9.17) is 21.4 Å². The summed E-state index contributed by atoms with van der Waals surface area (Å²) in [6, 6.07) is 11.6. The quantitative estimate of drug-likeness (QED) is 0.373. The number of halogens is 1. The number of carbonyl (C=O) groups excluding carboxylic acids is 2. The number of ether oxygens (including phenoxy) is 1. The molecule has 0 aliphatic carbocycles. The number of carbonyl (C=O) groups is 3. The third-order valence-electron chi connectivity index (χ3n) is 3.52. The van der Waals surface area contributed by atoms with Gasteiger partial charge in [0.2, 0.25) is 0 Å². The fourth-order valence-corrected chi connectivity index (χ4v) is 2.29. The second kappa shape index (κ2) is 10.1. The van der Waals surface area contributed by atoms with Crippen molar-refractivity contribution in [3.63, 3.8) is 0 Å². The van der Waals surface area contributed by atoms with Gasteiger partial charge in [-0.05, 0) is 42.3 Å². The highest BCUT2D eigenvalue weighted by atomic mass is 35.5. The minimum atomic E-state index is -1.14. The van der Waals surface area contributed by atoms with Crippen LogP contribution in [0.3, 0.4) is 0 Å². The van der Waals surface area contributed by atoms with E-state index in [0.717, 1.165) is 12.0 Å². The van der Waals surface area contributed by atoms with E-state index in [1.54, 1.807) is 12.1 Å². The fraction of sp³-hybridized carbons (Fsp3) is 0.158. The van der Waals surface area contributed by atoms with E-state index in [2.05, 4.69) is 15.8 Å². The van der Waals surface area contributed by atoms with Crippen LogP contribution in [0.1, 0.15) is 18.1 Å². The Morgan fingerprint density at radius 3 is 2.50 bits per heavy atom.